The number of hydrogen-bond donors (Lipinski definition) is 1. The highest BCUT2D eigenvalue weighted by Gasteiger charge is 2.08. The van der Waals surface area contributed by atoms with Gasteiger partial charge >= 0.3 is 0 Å². The lowest BCUT2D eigenvalue weighted by Crippen LogP contribution is -2.33. The summed E-state index contributed by atoms with van der Waals surface area (Å²) in [5, 5.41) is 3.58. The minimum Gasteiger partial charge on any atom is -0.314 e. The summed E-state index contributed by atoms with van der Waals surface area (Å²) in [5.74, 6) is 0.764. The number of rotatable bonds is 6. The number of nitrogens with one attached hydrogen (secondary N) is 1. The van der Waals surface area contributed by atoms with Gasteiger partial charge in [0.25, 0.3) is 0 Å². The zero-order valence-corrected chi connectivity index (χ0v) is 12.1. The molecular formula is C12H20BrNS. The summed E-state index contributed by atoms with van der Waals surface area (Å²) in [7, 11) is 0. The lowest BCUT2D eigenvalue weighted by Gasteiger charge is -2.19. The van der Waals surface area contributed by atoms with Gasteiger partial charge in [-0.15, -0.1) is 11.3 Å². The fourth-order valence-electron chi connectivity index (χ4n) is 1.46. The second-order valence-corrected chi connectivity index (χ2v) is 6.63. The topological polar surface area (TPSA) is 12.0 Å². The molecule has 0 bridgehead atoms. The van der Waals surface area contributed by atoms with Gasteiger partial charge in [0.1, 0.15) is 0 Å². The summed E-state index contributed by atoms with van der Waals surface area (Å²) in [6.45, 7) is 7.91. The molecule has 2 unspecified atom stereocenters. The summed E-state index contributed by atoms with van der Waals surface area (Å²) >= 11 is 5.32. The molecule has 0 fully saturated rings. The van der Waals surface area contributed by atoms with Gasteiger partial charge in [0.05, 0.1) is 3.79 Å². The molecule has 1 nitrogen and oxygen atoms in total. The minimum absolute atomic E-state index is 0.624. The van der Waals surface area contributed by atoms with Gasteiger partial charge in [-0.05, 0) is 47.3 Å². The second kappa shape index (κ2) is 6.66. The molecule has 0 aliphatic rings. The average molecular weight is 290 g/mol. The van der Waals surface area contributed by atoms with Crippen LogP contribution < -0.4 is 5.32 Å². The monoisotopic (exact) mass is 289 g/mol. The Hall–Kier alpha value is 0.140. The van der Waals surface area contributed by atoms with E-state index in [0.29, 0.717) is 6.04 Å². The van der Waals surface area contributed by atoms with Crippen molar-refractivity contribution in [2.24, 2.45) is 5.92 Å². The molecule has 0 amide bonds. The maximum absolute atomic E-state index is 3.58. The van der Waals surface area contributed by atoms with Gasteiger partial charge in [-0.1, -0.05) is 20.3 Å². The summed E-state index contributed by atoms with van der Waals surface area (Å²) < 4.78 is 1.23. The summed E-state index contributed by atoms with van der Waals surface area (Å²) in [6.07, 6.45) is 2.38. The van der Waals surface area contributed by atoms with Crippen LogP contribution >= 0.6 is 27.3 Å². The molecule has 0 aliphatic heterocycles. The molecular weight excluding hydrogens is 270 g/mol. The predicted molar refractivity (Wildman–Crippen MR) is 72.6 cm³/mol. The molecule has 0 aromatic carbocycles. The SMILES string of the molecule is CCC(C)C(C)NCCc1ccc(Br)s1. The van der Waals surface area contributed by atoms with Crippen molar-refractivity contribution in [3.05, 3.63) is 20.8 Å². The molecule has 3 heteroatoms. The Balaban J connectivity index is 2.21. The Bertz CT molecular complexity index is 285. The van der Waals surface area contributed by atoms with Crippen LogP contribution in [0.3, 0.4) is 0 Å². The van der Waals surface area contributed by atoms with Crippen LogP contribution in [-0.4, -0.2) is 12.6 Å². The molecule has 0 saturated carbocycles. The summed E-state index contributed by atoms with van der Waals surface area (Å²) in [6, 6.07) is 4.95. The summed E-state index contributed by atoms with van der Waals surface area (Å²) in [4.78, 5) is 1.45. The van der Waals surface area contributed by atoms with Gasteiger partial charge in [-0.2, -0.15) is 0 Å². The molecule has 0 aliphatic carbocycles. The number of thiophene rings is 1. The van der Waals surface area contributed by atoms with E-state index in [-0.39, 0.29) is 0 Å². The van der Waals surface area contributed by atoms with Crippen LogP contribution in [0, 0.1) is 5.92 Å². The third-order valence-electron chi connectivity index (χ3n) is 2.96. The van der Waals surface area contributed by atoms with Crippen LogP contribution in [0.5, 0.6) is 0 Å². The van der Waals surface area contributed by atoms with Crippen molar-refractivity contribution in [1.29, 1.82) is 0 Å². The van der Waals surface area contributed by atoms with Crippen LogP contribution in [0.1, 0.15) is 32.1 Å². The van der Waals surface area contributed by atoms with E-state index in [9.17, 15) is 0 Å². The standard InChI is InChI=1S/C12H20BrNS/c1-4-9(2)10(3)14-8-7-11-5-6-12(13)15-11/h5-6,9-10,14H,4,7-8H2,1-3H3. The van der Waals surface area contributed by atoms with Gasteiger partial charge in [-0.3, -0.25) is 0 Å². The quantitative estimate of drug-likeness (QED) is 0.832. The maximum atomic E-state index is 3.58. The first-order chi connectivity index (χ1) is 7.13. The molecule has 0 saturated heterocycles. The van der Waals surface area contributed by atoms with Crippen molar-refractivity contribution in [3.63, 3.8) is 0 Å². The molecule has 1 aromatic rings. The highest BCUT2D eigenvalue weighted by Crippen LogP contribution is 2.22. The van der Waals surface area contributed by atoms with E-state index in [4.69, 9.17) is 0 Å². The number of halogens is 1. The molecule has 0 spiro atoms. The Labute approximate surface area is 105 Å². The fourth-order valence-corrected chi connectivity index (χ4v) is 2.95. The van der Waals surface area contributed by atoms with Crippen LogP contribution in [0.2, 0.25) is 0 Å². The van der Waals surface area contributed by atoms with Gasteiger partial charge < -0.3 is 5.32 Å². The van der Waals surface area contributed by atoms with Crippen LogP contribution in [0.4, 0.5) is 0 Å². The van der Waals surface area contributed by atoms with Gasteiger partial charge in [0.15, 0.2) is 0 Å². The lowest BCUT2D eigenvalue weighted by molar-refractivity contribution is 0.393. The molecule has 15 heavy (non-hydrogen) atoms. The Morgan fingerprint density at radius 3 is 2.67 bits per heavy atom. The van der Waals surface area contributed by atoms with Crippen molar-refractivity contribution < 1.29 is 0 Å². The first-order valence-corrected chi connectivity index (χ1v) is 7.22. The molecule has 1 rings (SSSR count). The van der Waals surface area contributed by atoms with E-state index in [1.165, 1.54) is 15.1 Å². The second-order valence-electron chi connectivity index (χ2n) is 4.08. The van der Waals surface area contributed by atoms with Gasteiger partial charge in [-0.25, -0.2) is 0 Å². The minimum atomic E-state index is 0.624. The Kier molecular flexibility index (Phi) is 5.87. The summed E-state index contributed by atoms with van der Waals surface area (Å²) in [5.41, 5.74) is 0. The molecule has 0 radical (unpaired) electrons. The van der Waals surface area contributed by atoms with Crippen LogP contribution in [-0.2, 0) is 6.42 Å². The maximum Gasteiger partial charge on any atom is 0.0701 e. The average Bonchev–Trinajstić information content (AvgIpc) is 2.63. The highest BCUT2D eigenvalue weighted by molar-refractivity contribution is 9.11. The van der Waals surface area contributed by atoms with Crippen LogP contribution in [0.15, 0.2) is 15.9 Å². The predicted octanol–water partition coefficient (Wildman–Crippen LogP) is 4.08. The Morgan fingerprint density at radius 1 is 1.40 bits per heavy atom. The number of hydrogen-bond acceptors (Lipinski definition) is 2. The van der Waals surface area contributed by atoms with E-state index in [0.717, 1.165) is 18.9 Å². The lowest BCUT2D eigenvalue weighted by atomic mass is 10.0. The zero-order valence-electron chi connectivity index (χ0n) is 9.72. The third kappa shape index (κ3) is 4.66. The van der Waals surface area contributed by atoms with Crippen molar-refractivity contribution in [2.75, 3.05) is 6.54 Å². The van der Waals surface area contributed by atoms with Crippen molar-refractivity contribution in [3.8, 4) is 0 Å². The van der Waals surface area contributed by atoms with Gasteiger partial charge in [0, 0.05) is 17.5 Å². The smallest absolute Gasteiger partial charge is 0.0701 e. The van der Waals surface area contributed by atoms with E-state index in [2.05, 4.69) is 54.2 Å². The largest absolute Gasteiger partial charge is 0.314 e. The Morgan fingerprint density at radius 2 is 2.13 bits per heavy atom. The fraction of sp³-hybridized carbons (Fsp3) is 0.667. The third-order valence-corrected chi connectivity index (χ3v) is 4.65. The zero-order chi connectivity index (χ0) is 11.3. The molecule has 1 heterocycles. The molecule has 2 atom stereocenters. The van der Waals surface area contributed by atoms with E-state index in [1.54, 1.807) is 0 Å². The molecule has 1 aromatic heterocycles. The highest BCUT2D eigenvalue weighted by atomic mass is 79.9. The van der Waals surface area contributed by atoms with Crippen LogP contribution in [0.25, 0.3) is 0 Å². The van der Waals surface area contributed by atoms with Crippen molar-refractivity contribution in [1.82, 2.24) is 5.32 Å². The van der Waals surface area contributed by atoms with E-state index in [1.807, 2.05) is 11.3 Å². The normalized spacial score (nSPS) is 15.2. The van der Waals surface area contributed by atoms with E-state index >= 15 is 0 Å². The van der Waals surface area contributed by atoms with Crippen molar-refractivity contribution >= 4 is 27.3 Å². The first-order valence-electron chi connectivity index (χ1n) is 5.61. The first kappa shape index (κ1) is 13.2. The van der Waals surface area contributed by atoms with E-state index < -0.39 is 0 Å². The molecule has 1 N–H and O–H groups in total. The van der Waals surface area contributed by atoms with Crippen molar-refractivity contribution in [2.45, 2.75) is 39.7 Å². The van der Waals surface area contributed by atoms with Gasteiger partial charge in [0.2, 0.25) is 0 Å². The molecule has 86 valence electrons.